The van der Waals surface area contributed by atoms with Crippen molar-refractivity contribution >= 4 is 28.6 Å². The largest absolute Gasteiger partial charge is 0.338 e. The molecule has 0 atom stereocenters. The Labute approximate surface area is 198 Å². The van der Waals surface area contributed by atoms with Crippen LogP contribution in [-0.2, 0) is 18.9 Å². The van der Waals surface area contributed by atoms with Crippen molar-refractivity contribution in [3.63, 3.8) is 0 Å². The normalized spacial score (nSPS) is 11.5. The van der Waals surface area contributed by atoms with E-state index < -0.39 is 0 Å². The molecule has 4 rings (SSSR count). The number of ketones is 1. The molecule has 3 aromatic heterocycles. The average molecular weight is 460 g/mol. The summed E-state index contributed by atoms with van der Waals surface area (Å²) in [7, 11) is 1.88. The number of carbonyl (C=O) groups is 1. The molecule has 0 saturated heterocycles. The van der Waals surface area contributed by atoms with Gasteiger partial charge in [-0.1, -0.05) is 39.0 Å². The molecule has 0 radical (unpaired) electrons. The number of hydrogen-bond donors (Lipinski definition) is 1. The molecule has 6 nitrogen and oxygen atoms in total. The molecule has 0 amide bonds. The Balaban J connectivity index is 1.43. The molecule has 0 aliphatic carbocycles. The van der Waals surface area contributed by atoms with E-state index in [4.69, 9.17) is 0 Å². The van der Waals surface area contributed by atoms with Crippen LogP contribution >= 0.6 is 11.3 Å². The van der Waals surface area contributed by atoms with Crippen LogP contribution in [0.3, 0.4) is 0 Å². The maximum Gasteiger partial charge on any atom is 0.174 e. The zero-order valence-corrected chi connectivity index (χ0v) is 20.5. The smallest absolute Gasteiger partial charge is 0.174 e. The number of benzene rings is 1. The molecule has 1 N–H and O–H groups in total. The lowest BCUT2D eigenvalue weighted by atomic mass is 9.97. The van der Waals surface area contributed by atoms with Gasteiger partial charge in [-0.3, -0.25) is 9.48 Å². The van der Waals surface area contributed by atoms with Gasteiger partial charge >= 0.3 is 0 Å². The Kier molecular flexibility index (Phi) is 6.42. The molecular weight excluding hydrogens is 430 g/mol. The number of pyridine rings is 1. The highest BCUT2D eigenvalue weighted by molar-refractivity contribution is 7.13. The number of nitrogens with one attached hydrogen (secondary N) is 1. The Morgan fingerprint density at radius 1 is 1.09 bits per heavy atom. The van der Waals surface area contributed by atoms with Crippen LogP contribution in [-0.4, -0.2) is 25.5 Å². The summed E-state index contributed by atoms with van der Waals surface area (Å²) < 4.78 is 1.75. The Morgan fingerprint density at radius 2 is 1.88 bits per heavy atom. The summed E-state index contributed by atoms with van der Waals surface area (Å²) in [6, 6.07) is 10.4. The van der Waals surface area contributed by atoms with Crippen LogP contribution < -0.4 is 5.32 Å². The Hall–Kier alpha value is -3.32. The molecule has 0 saturated carbocycles. The fourth-order valence-electron chi connectivity index (χ4n) is 3.59. The third kappa shape index (κ3) is 5.54. The van der Waals surface area contributed by atoms with Gasteiger partial charge in [0.1, 0.15) is 5.82 Å². The number of nitrogens with zero attached hydrogens (tertiary/aromatic N) is 4. The number of rotatable bonds is 7. The third-order valence-corrected chi connectivity index (χ3v) is 6.92. The van der Waals surface area contributed by atoms with Gasteiger partial charge in [0, 0.05) is 37.5 Å². The van der Waals surface area contributed by atoms with Crippen LogP contribution in [0.15, 0.2) is 55.1 Å². The summed E-state index contributed by atoms with van der Waals surface area (Å²) >= 11 is 1.51. The highest BCUT2D eigenvalue weighted by atomic mass is 32.1. The van der Waals surface area contributed by atoms with Crippen molar-refractivity contribution in [3.8, 4) is 11.1 Å². The van der Waals surface area contributed by atoms with Gasteiger partial charge in [-0.05, 0) is 47.7 Å². The second kappa shape index (κ2) is 9.27. The van der Waals surface area contributed by atoms with E-state index in [1.165, 1.54) is 22.5 Å². The molecule has 33 heavy (non-hydrogen) atoms. The van der Waals surface area contributed by atoms with Crippen molar-refractivity contribution in [1.29, 1.82) is 0 Å². The SMILES string of the molecule is Cc1cc(-c2ccnc(Nc3cnn(C)c3)c2)ccc1CCC(=O)c1cnc(C(C)(C)C)s1. The van der Waals surface area contributed by atoms with Crippen LogP contribution in [0.2, 0.25) is 0 Å². The third-order valence-electron chi connectivity index (χ3n) is 5.46. The van der Waals surface area contributed by atoms with Crippen LogP contribution in [0, 0.1) is 6.92 Å². The zero-order chi connectivity index (χ0) is 23.6. The molecule has 0 fully saturated rings. The summed E-state index contributed by atoms with van der Waals surface area (Å²) in [5.41, 5.74) is 5.44. The maximum atomic E-state index is 12.7. The molecule has 0 spiro atoms. The summed E-state index contributed by atoms with van der Waals surface area (Å²) in [4.78, 5) is 22.3. The quantitative estimate of drug-likeness (QED) is 0.338. The van der Waals surface area contributed by atoms with E-state index in [1.54, 1.807) is 23.3 Å². The number of thiazole rings is 1. The van der Waals surface area contributed by atoms with Crippen LogP contribution in [0.25, 0.3) is 11.1 Å². The van der Waals surface area contributed by atoms with Gasteiger partial charge in [0.25, 0.3) is 0 Å². The van der Waals surface area contributed by atoms with Crippen LogP contribution in [0.5, 0.6) is 0 Å². The van der Waals surface area contributed by atoms with Crippen molar-refractivity contribution in [2.75, 3.05) is 5.32 Å². The standard InChI is InChI=1S/C26H29N5OS/c1-17-12-19(20-10-11-27-24(13-20)30-21-14-29-31(5)16-21)7-6-18(17)8-9-22(32)23-15-28-25(33-23)26(2,3)4/h6-7,10-16H,8-9H2,1-5H3,(H,27,30). The van der Waals surface area contributed by atoms with Crippen LogP contribution in [0.1, 0.15) is 53.0 Å². The molecule has 0 bridgehead atoms. The number of aromatic nitrogens is 4. The van der Waals surface area contributed by atoms with Gasteiger partial charge < -0.3 is 5.32 Å². The molecule has 0 aliphatic rings. The Bertz CT molecular complexity index is 1280. The first-order chi connectivity index (χ1) is 15.7. The Morgan fingerprint density at radius 3 is 2.55 bits per heavy atom. The fourth-order valence-corrected chi connectivity index (χ4v) is 4.53. The van der Waals surface area contributed by atoms with Crippen LogP contribution in [0.4, 0.5) is 11.5 Å². The number of hydrogen-bond acceptors (Lipinski definition) is 6. The molecule has 3 heterocycles. The summed E-state index contributed by atoms with van der Waals surface area (Å²) in [5.74, 6) is 0.929. The van der Waals surface area contributed by atoms with Crippen molar-refractivity contribution < 1.29 is 4.79 Å². The van der Waals surface area contributed by atoms with E-state index in [-0.39, 0.29) is 11.2 Å². The van der Waals surface area contributed by atoms with Gasteiger partial charge in [-0.25, -0.2) is 9.97 Å². The number of aryl methyl sites for hydroxylation is 3. The van der Waals surface area contributed by atoms with E-state index in [1.807, 2.05) is 25.4 Å². The number of anilines is 2. The summed E-state index contributed by atoms with van der Waals surface area (Å²) in [5, 5.41) is 8.46. The van der Waals surface area contributed by atoms with E-state index in [2.05, 4.69) is 66.3 Å². The highest BCUT2D eigenvalue weighted by Crippen LogP contribution is 2.29. The zero-order valence-electron chi connectivity index (χ0n) is 19.7. The number of Topliss-reactive ketones (excluding diaryl/α,β-unsaturated/α-hetero) is 1. The van der Waals surface area contributed by atoms with Crippen molar-refractivity contribution in [3.05, 3.63) is 76.1 Å². The molecule has 7 heteroatoms. The summed E-state index contributed by atoms with van der Waals surface area (Å²) in [6.45, 7) is 8.45. The minimum Gasteiger partial charge on any atom is -0.338 e. The van der Waals surface area contributed by atoms with E-state index >= 15 is 0 Å². The second-order valence-electron chi connectivity index (χ2n) is 9.30. The summed E-state index contributed by atoms with van der Waals surface area (Å²) in [6.07, 6.45) is 8.41. The topological polar surface area (TPSA) is 72.7 Å². The average Bonchev–Trinajstić information content (AvgIpc) is 3.42. The van der Waals surface area contributed by atoms with Crippen molar-refractivity contribution in [1.82, 2.24) is 19.7 Å². The molecule has 170 valence electrons. The molecular formula is C26H29N5OS. The van der Waals surface area contributed by atoms with E-state index in [0.29, 0.717) is 6.42 Å². The van der Waals surface area contributed by atoms with Gasteiger partial charge in [0.05, 0.1) is 21.8 Å². The lowest BCUT2D eigenvalue weighted by Crippen LogP contribution is -2.09. The highest BCUT2D eigenvalue weighted by Gasteiger charge is 2.20. The van der Waals surface area contributed by atoms with Gasteiger partial charge in [0.2, 0.25) is 0 Å². The lowest BCUT2D eigenvalue weighted by Gasteiger charge is -2.13. The van der Waals surface area contributed by atoms with E-state index in [0.717, 1.165) is 38.9 Å². The first kappa shape index (κ1) is 22.9. The lowest BCUT2D eigenvalue weighted by molar-refractivity contribution is 0.0986. The first-order valence-electron chi connectivity index (χ1n) is 11.0. The maximum absolute atomic E-state index is 12.7. The van der Waals surface area contributed by atoms with Crippen molar-refractivity contribution in [2.45, 2.75) is 46.0 Å². The van der Waals surface area contributed by atoms with E-state index in [9.17, 15) is 4.79 Å². The van der Waals surface area contributed by atoms with Gasteiger partial charge in [-0.2, -0.15) is 5.10 Å². The minimum absolute atomic E-state index is 0.0318. The second-order valence-corrected chi connectivity index (χ2v) is 10.3. The minimum atomic E-state index is -0.0318. The first-order valence-corrected chi connectivity index (χ1v) is 11.8. The predicted octanol–water partition coefficient (Wildman–Crippen LogP) is 6.10. The number of carbonyl (C=O) groups excluding carboxylic acids is 1. The van der Waals surface area contributed by atoms with Gasteiger partial charge in [-0.15, -0.1) is 11.3 Å². The monoisotopic (exact) mass is 459 g/mol. The molecule has 0 unspecified atom stereocenters. The van der Waals surface area contributed by atoms with Gasteiger partial charge in [0.15, 0.2) is 5.78 Å². The predicted molar refractivity (Wildman–Crippen MR) is 134 cm³/mol. The molecule has 4 aromatic rings. The molecule has 0 aliphatic heterocycles. The molecule has 1 aromatic carbocycles. The fraction of sp³-hybridized carbons (Fsp3) is 0.308. The van der Waals surface area contributed by atoms with Crippen molar-refractivity contribution in [2.24, 2.45) is 7.05 Å².